The third-order valence-corrected chi connectivity index (χ3v) is 7.32. The quantitative estimate of drug-likeness (QED) is 0.688. The third-order valence-electron chi connectivity index (χ3n) is 5.38. The molecule has 1 unspecified atom stereocenters. The van der Waals surface area contributed by atoms with Crippen LogP contribution in [0.1, 0.15) is 19.4 Å². The van der Waals surface area contributed by atoms with E-state index in [2.05, 4.69) is 42.8 Å². The zero-order chi connectivity index (χ0) is 21.7. The fraction of sp³-hybridized carbons (Fsp3) is 0.348. The first kappa shape index (κ1) is 22.2. The van der Waals surface area contributed by atoms with Crippen LogP contribution in [0.5, 0.6) is 0 Å². The highest BCUT2D eigenvalue weighted by Gasteiger charge is 2.37. The van der Waals surface area contributed by atoms with Crippen molar-refractivity contribution in [2.75, 3.05) is 25.0 Å². The number of carbonyl (C=O) groups is 1. The summed E-state index contributed by atoms with van der Waals surface area (Å²) in [5.41, 5.74) is 1.76. The molecule has 0 radical (unpaired) electrons. The van der Waals surface area contributed by atoms with Gasteiger partial charge in [-0.2, -0.15) is 4.31 Å². The molecule has 1 amide bonds. The molecule has 7 heteroatoms. The van der Waals surface area contributed by atoms with E-state index >= 15 is 0 Å². The van der Waals surface area contributed by atoms with Crippen molar-refractivity contribution in [1.29, 1.82) is 0 Å². The number of rotatable bonds is 7. The highest BCUT2D eigenvalue weighted by atomic mass is 32.2. The zero-order valence-electron chi connectivity index (χ0n) is 17.5. The minimum Gasteiger partial charge on any atom is -0.323 e. The fourth-order valence-corrected chi connectivity index (χ4v) is 5.46. The first-order valence-corrected chi connectivity index (χ1v) is 11.6. The zero-order valence-corrected chi connectivity index (χ0v) is 18.3. The number of hydrogen-bond acceptors (Lipinski definition) is 4. The number of amides is 1. The summed E-state index contributed by atoms with van der Waals surface area (Å²) in [5, 5.41) is 2.63. The van der Waals surface area contributed by atoms with Crippen LogP contribution in [-0.2, 0) is 21.4 Å². The Hall–Kier alpha value is -2.48. The Balaban J connectivity index is 1.76. The van der Waals surface area contributed by atoms with Gasteiger partial charge in [0.2, 0.25) is 15.9 Å². The largest absolute Gasteiger partial charge is 0.323 e. The van der Waals surface area contributed by atoms with Crippen LogP contribution in [0.2, 0.25) is 0 Å². The van der Waals surface area contributed by atoms with Gasteiger partial charge in [0.05, 0.1) is 4.90 Å². The number of anilines is 1. The maximum absolute atomic E-state index is 13.4. The van der Waals surface area contributed by atoms with Crippen molar-refractivity contribution in [3.05, 3.63) is 72.8 Å². The minimum atomic E-state index is -3.63. The molecular formula is C23H29N3O3S. The van der Waals surface area contributed by atoms with E-state index < -0.39 is 10.0 Å². The number of hydrogen-bond donors (Lipinski definition) is 1. The predicted octanol–water partition coefficient (Wildman–Crippen LogP) is 3.34. The number of nitrogens with zero attached hydrogens (tertiary/aromatic N) is 2. The smallest absolute Gasteiger partial charge is 0.247 e. The Labute approximate surface area is 179 Å². The molecule has 1 aliphatic heterocycles. The molecule has 2 aromatic carbocycles. The molecule has 160 valence electrons. The average Bonchev–Trinajstić information content (AvgIpc) is 2.74. The molecule has 30 heavy (non-hydrogen) atoms. The molecule has 1 aliphatic rings. The van der Waals surface area contributed by atoms with Crippen LogP contribution in [0.4, 0.5) is 5.69 Å². The molecule has 1 saturated heterocycles. The number of carbonyl (C=O) groups excluding carboxylic acids is 1. The van der Waals surface area contributed by atoms with Crippen molar-refractivity contribution >= 4 is 21.6 Å². The normalized spacial score (nSPS) is 18.3. The summed E-state index contributed by atoms with van der Waals surface area (Å²) in [6.45, 7) is 10.2. The van der Waals surface area contributed by atoms with Gasteiger partial charge in [-0.3, -0.25) is 9.69 Å². The molecule has 6 nitrogen and oxygen atoms in total. The van der Waals surface area contributed by atoms with Gasteiger partial charge in [0.15, 0.2) is 0 Å². The van der Waals surface area contributed by atoms with Crippen molar-refractivity contribution in [2.45, 2.75) is 31.3 Å². The van der Waals surface area contributed by atoms with E-state index in [1.165, 1.54) is 11.6 Å². The highest BCUT2D eigenvalue weighted by molar-refractivity contribution is 7.89. The SMILES string of the molecule is C=CC(=O)Nc1ccc(S(=O)(=O)N2CCN(Cc3ccccc3)CC2C(C)C)cc1. The second kappa shape index (κ2) is 9.55. The van der Waals surface area contributed by atoms with E-state index in [9.17, 15) is 13.2 Å². The van der Waals surface area contributed by atoms with Gasteiger partial charge >= 0.3 is 0 Å². The second-order valence-corrected chi connectivity index (χ2v) is 9.76. The van der Waals surface area contributed by atoms with E-state index in [1.54, 1.807) is 28.6 Å². The lowest BCUT2D eigenvalue weighted by molar-refractivity contribution is -0.111. The molecular weight excluding hydrogens is 398 g/mol. The van der Waals surface area contributed by atoms with Crippen LogP contribution in [0.25, 0.3) is 0 Å². The Morgan fingerprint density at radius 1 is 1.13 bits per heavy atom. The summed E-state index contributed by atoms with van der Waals surface area (Å²) in [4.78, 5) is 14.0. The number of nitrogens with one attached hydrogen (secondary N) is 1. The summed E-state index contributed by atoms with van der Waals surface area (Å²) in [6, 6.07) is 16.4. The Morgan fingerprint density at radius 2 is 1.80 bits per heavy atom. The van der Waals surface area contributed by atoms with Crippen LogP contribution in [-0.4, -0.2) is 49.2 Å². The van der Waals surface area contributed by atoms with Crippen molar-refractivity contribution in [2.24, 2.45) is 5.92 Å². The van der Waals surface area contributed by atoms with Crippen molar-refractivity contribution < 1.29 is 13.2 Å². The van der Waals surface area contributed by atoms with E-state index in [0.29, 0.717) is 25.3 Å². The fourth-order valence-electron chi connectivity index (χ4n) is 3.72. The molecule has 1 fully saturated rings. The summed E-state index contributed by atoms with van der Waals surface area (Å²) in [6.07, 6.45) is 1.17. The summed E-state index contributed by atoms with van der Waals surface area (Å²) >= 11 is 0. The first-order chi connectivity index (χ1) is 14.3. The lowest BCUT2D eigenvalue weighted by Crippen LogP contribution is -2.56. The van der Waals surface area contributed by atoms with Crippen molar-refractivity contribution in [3.8, 4) is 0 Å². The van der Waals surface area contributed by atoms with Crippen molar-refractivity contribution in [1.82, 2.24) is 9.21 Å². The topological polar surface area (TPSA) is 69.7 Å². The van der Waals surface area contributed by atoms with Gasteiger partial charge in [-0.05, 0) is 41.8 Å². The molecule has 1 heterocycles. The lowest BCUT2D eigenvalue weighted by atomic mass is 10.0. The summed E-state index contributed by atoms with van der Waals surface area (Å²) in [7, 11) is -3.63. The van der Waals surface area contributed by atoms with Gasteiger partial charge in [0, 0.05) is 37.9 Å². The van der Waals surface area contributed by atoms with E-state index in [0.717, 1.165) is 6.54 Å². The molecule has 2 aromatic rings. The first-order valence-electron chi connectivity index (χ1n) is 10.1. The number of benzene rings is 2. The van der Waals surface area contributed by atoms with E-state index in [4.69, 9.17) is 0 Å². The average molecular weight is 428 g/mol. The molecule has 1 N–H and O–H groups in total. The van der Waals surface area contributed by atoms with Gasteiger partial charge in [-0.15, -0.1) is 0 Å². The monoisotopic (exact) mass is 427 g/mol. The maximum atomic E-state index is 13.4. The third kappa shape index (κ3) is 5.16. The molecule has 1 atom stereocenters. The van der Waals surface area contributed by atoms with E-state index in [1.807, 2.05) is 18.2 Å². The molecule has 0 aliphatic carbocycles. The Morgan fingerprint density at radius 3 is 2.40 bits per heavy atom. The summed E-state index contributed by atoms with van der Waals surface area (Å²) in [5.74, 6) is -0.149. The highest BCUT2D eigenvalue weighted by Crippen LogP contribution is 2.27. The maximum Gasteiger partial charge on any atom is 0.247 e. The molecule has 0 bridgehead atoms. The number of sulfonamides is 1. The lowest BCUT2D eigenvalue weighted by Gasteiger charge is -2.42. The van der Waals surface area contributed by atoms with Gasteiger partial charge in [0.1, 0.15) is 0 Å². The van der Waals surface area contributed by atoms with Gasteiger partial charge in [-0.1, -0.05) is 50.8 Å². The predicted molar refractivity (Wildman–Crippen MR) is 120 cm³/mol. The molecule has 0 spiro atoms. The molecule has 3 rings (SSSR count). The number of piperazine rings is 1. The van der Waals surface area contributed by atoms with Crippen LogP contribution in [0.3, 0.4) is 0 Å². The Kier molecular flexibility index (Phi) is 7.07. The van der Waals surface area contributed by atoms with Gasteiger partial charge < -0.3 is 5.32 Å². The van der Waals surface area contributed by atoms with Gasteiger partial charge in [-0.25, -0.2) is 8.42 Å². The van der Waals surface area contributed by atoms with Crippen LogP contribution < -0.4 is 5.32 Å². The van der Waals surface area contributed by atoms with E-state index in [-0.39, 0.29) is 22.8 Å². The molecule has 0 aromatic heterocycles. The second-order valence-electron chi connectivity index (χ2n) is 7.87. The van der Waals surface area contributed by atoms with Crippen molar-refractivity contribution in [3.63, 3.8) is 0 Å². The van der Waals surface area contributed by atoms with Crippen LogP contribution in [0, 0.1) is 5.92 Å². The Bertz CT molecular complexity index is 973. The van der Waals surface area contributed by atoms with Crippen LogP contribution in [0.15, 0.2) is 72.1 Å². The summed E-state index contributed by atoms with van der Waals surface area (Å²) < 4.78 is 28.4. The van der Waals surface area contributed by atoms with Crippen LogP contribution >= 0.6 is 0 Å². The molecule has 0 saturated carbocycles. The standard InChI is InChI=1S/C23H29N3O3S/c1-4-23(27)24-20-10-12-21(13-11-20)30(28,29)26-15-14-25(17-22(26)18(2)3)16-19-8-6-5-7-9-19/h4-13,18,22H,1,14-17H2,2-3H3,(H,24,27). The van der Waals surface area contributed by atoms with Gasteiger partial charge in [0.25, 0.3) is 0 Å². The minimum absolute atomic E-state index is 0.104.